The number of β-amino-alcohol motifs (C(OH)–C–C–N with tert-alkyl or cyclic N) is 1. The number of rotatable bonds is 21. The second-order valence-corrected chi connectivity index (χ2v) is 48.2. The normalized spacial score (nSPS) is 24.8. The van der Waals surface area contributed by atoms with Crippen LogP contribution in [0.15, 0.2) is 91.0 Å². The molecule has 7 N–H and O–H groups in total. The van der Waals surface area contributed by atoms with Gasteiger partial charge in [-0.15, -0.1) is 0 Å². The molecule has 0 bridgehead atoms. The Kier molecular flexibility index (Phi) is 39.0. The molecule has 10 aromatic rings. The van der Waals surface area contributed by atoms with Crippen molar-refractivity contribution in [2.75, 3.05) is 151 Å². The standard InChI is InChI=1S/C25H37FN4O.2C25H37FN4.C24H35FN4.C23H35FN4/c26-19-8-9-24-22(14-19)28-25(23-15-21(31)16-27-23)30(24)20-10-12-29(13-11-20)17-18-6-4-2-1-3-5-7-18;26-22-9-6-10-23-24(22)28-25(20-11-14-27-17-20)30(23)21-12-15-29(16-13-21)18-19-7-4-2-1-3-5-8-19;26-21-8-9-24-23(16-21)28-25(20-10-13-27-17-20)30(24)22-11-14-29(15-12-22)18-19-6-4-2-1-3-5-7-19;25-20-8-9-23-22(14-20)27-24(19-15-26-16-19)29(23)21-10-12-28(13-11-21)17-18-6-4-2-1-3-5-7-18;24-19-8-9-22-21(16-19)26-23(10-13-25)28(22)20-11-14-27(15-12-20)17-18-6-4-2-1-3-5-7-18/h8-9,14,18,20-21,23,27,31H,1-7,10-13,15-17H2;6,9-10,19-21,27H,1-5,7-8,11-18H2;8-9,16,19-20,22,27H,1-7,10-15,17-18H2;8-9,14,18-19,21,26H,1-7,10-13,15-17H2;8-9,16,18,20H,1-7,10-15,17,25H2/t21-,23+;2*20-;;/m110../s1. The maximum atomic E-state index is 14.5. The predicted molar refractivity (Wildman–Crippen MR) is 591 cm³/mol. The van der Waals surface area contributed by atoms with Gasteiger partial charge in [-0.05, 0) is 258 Å². The highest BCUT2D eigenvalue weighted by Gasteiger charge is 2.39. The van der Waals surface area contributed by atoms with E-state index in [0.29, 0.717) is 73.0 Å². The van der Waals surface area contributed by atoms with E-state index in [4.69, 9.17) is 30.7 Å². The Labute approximate surface area is 880 Å². The van der Waals surface area contributed by atoms with E-state index in [9.17, 15) is 27.1 Å². The Morgan fingerprint density at radius 3 is 0.892 bits per heavy atom. The van der Waals surface area contributed by atoms with Gasteiger partial charge < -0.3 is 79.4 Å². The molecular formula is C122H181F5N20O. The van der Waals surface area contributed by atoms with Crippen LogP contribution < -0.4 is 27.0 Å². The van der Waals surface area contributed by atoms with E-state index < -0.39 is 0 Å². The lowest BCUT2D eigenvalue weighted by Gasteiger charge is -2.37. The number of hydrogen-bond acceptors (Lipinski definition) is 16. The number of piperidine rings is 5. The summed E-state index contributed by atoms with van der Waals surface area (Å²) in [5.74, 6) is 10.2. The summed E-state index contributed by atoms with van der Waals surface area (Å²) in [5.41, 5.74) is 14.9. The minimum absolute atomic E-state index is 0.0402. The molecule has 5 saturated carbocycles. The van der Waals surface area contributed by atoms with Gasteiger partial charge in [-0.3, -0.25) is 0 Å². The smallest absolute Gasteiger partial charge is 0.151 e. The molecule has 26 heteroatoms. The zero-order valence-corrected chi connectivity index (χ0v) is 89.9. The van der Waals surface area contributed by atoms with Crippen LogP contribution in [-0.2, 0) is 6.42 Å². The number of fused-ring (bicyclic) bond motifs is 5. The minimum Gasteiger partial charge on any atom is -0.392 e. The van der Waals surface area contributed by atoms with Crippen LogP contribution in [0.4, 0.5) is 22.0 Å². The summed E-state index contributed by atoms with van der Waals surface area (Å²) in [6, 6.07) is 28.0. The Morgan fingerprint density at radius 2 is 0.581 bits per heavy atom. The quantitative estimate of drug-likeness (QED) is 0.0371. The van der Waals surface area contributed by atoms with Gasteiger partial charge in [0.25, 0.3) is 0 Å². The lowest BCUT2D eigenvalue weighted by molar-refractivity contribution is 0.151. The van der Waals surface area contributed by atoms with Gasteiger partial charge in [0.1, 0.15) is 57.9 Å². The van der Waals surface area contributed by atoms with Crippen LogP contribution in [0.2, 0.25) is 0 Å². The van der Waals surface area contributed by atoms with Gasteiger partial charge >= 0.3 is 0 Å². The van der Waals surface area contributed by atoms with Crippen molar-refractivity contribution in [3.8, 4) is 0 Å². The van der Waals surface area contributed by atoms with Crippen molar-refractivity contribution in [1.29, 1.82) is 0 Å². The van der Waals surface area contributed by atoms with Crippen molar-refractivity contribution in [2.24, 2.45) is 35.3 Å². The van der Waals surface area contributed by atoms with Gasteiger partial charge in [0, 0.05) is 210 Å². The van der Waals surface area contributed by atoms with Crippen LogP contribution in [0, 0.1) is 58.7 Å². The molecule has 0 spiro atoms. The van der Waals surface area contributed by atoms with Gasteiger partial charge in [0.15, 0.2) is 5.82 Å². The molecule has 9 aliphatic heterocycles. The van der Waals surface area contributed by atoms with Crippen LogP contribution in [-0.4, -0.2) is 234 Å². The third-order valence-corrected chi connectivity index (χ3v) is 37.6. The molecule has 0 amide bonds. The maximum Gasteiger partial charge on any atom is 0.151 e. The highest BCUT2D eigenvalue weighted by Crippen LogP contribution is 2.44. The molecular weight excluding hydrogens is 1860 g/mol. The number of para-hydroxylation sites is 1. The number of benzene rings is 5. The van der Waals surface area contributed by atoms with Crippen LogP contribution >= 0.6 is 0 Å². The molecule has 24 rings (SSSR count). The minimum atomic E-state index is -0.333. The predicted octanol–water partition coefficient (Wildman–Crippen LogP) is 24.6. The van der Waals surface area contributed by atoms with Crippen LogP contribution in [0.3, 0.4) is 0 Å². The molecule has 5 aromatic heterocycles. The molecule has 5 aliphatic carbocycles. The van der Waals surface area contributed by atoms with Crippen molar-refractivity contribution in [2.45, 2.75) is 375 Å². The first-order chi connectivity index (χ1) is 72.8. The fourth-order valence-corrected chi connectivity index (χ4v) is 29.2. The lowest BCUT2D eigenvalue weighted by atomic mass is 9.90. The molecule has 14 heterocycles. The summed E-state index contributed by atoms with van der Waals surface area (Å²) in [6.45, 7) is 25.3. The molecule has 4 atom stereocenters. The number of nitrogens with one attached hydrogen (secondary N) is 4. The van der Waals surface area contributed by atoms with Crippen molar-refractivity contribution in [3.63, 3.8) is 0 Å². The van der Waals surface area contributed by atoms with Crippen molar-refractivity contribution in [1.82, 2.24) is 93.5 Å². The topological polar surface area (TPSA) is 200 Å². The van der Waals surface area contributed by atoms with Gasteiger partial charge in [-0.2, -0.15) is 0 Å². The van der Waals surface area contributed by atoms with Crippen LogP contribution in [0.25, 0.3) is 55.2 Å². The molecule has 9 saturated heterocycles. The number of halogens is 5. The Bertz CT molecular complexity index is 5690. The highest BCUT2D eigenvalue weighted by atomic mass is 19.1. The third kappa shape index (κ3) is 27.9. The average molecular weight is 2040 g/mol. The summed E-state index contributed by atoms with van der Waals surface area (Å²) < 4.78 is 81.8. The fraction of sp³-hybridized carbons (Fsp3) is 0.713. The van der Waals surface area contributed by atoms with Crippen LogP contribution in [0.1, 0.15) is 391 Å². The third-order valence-electron chi connectivity index (χ3n) is 37.6. The zero-order valence-electron chi connectivity index (χ0n) is 89.9. The molecule has 0 radical (unpaired) electrons. The summed E-state index contributed by atoms with van der Waals surface area (Å²) in [6.07, 6.45) is 64.7. The van der Waals surface area contributed by atoms with Gasteiger partial charge in [-0.25, -0.2) is 46.9 Å². The highest BCUT2D eigenvalue weighted by molar-refractivity contribution is 5.80. The SMILES string of the molecule is Fc1ccc2c(c1)nc(C1CNC1)n2C1CCN(CC2CCCCCCC2)CC1.Fc1ccc2c(c1)nc([C@H]1CCNC1)n2C1CCN(CC2CCCCCCC2)CC1.Fc1cccc2c1nc([C@@H]1CCNC1)n2C1CCN(CC2CCCCCCC2)CC1.NCCc1nc2cc(F)ccc2n1C1CCN(CC2CCCCCCC2)CC1.O[C@H]1CN[C@H](c2nc3cc(F)ccc3n2C2CCN(CC3CCCCCCC3)CC2)C1. The first-order valence-electron chi connectivity index (χ1n) is 60.5. The van der Waals surface area contributed by atoms with Crippen molar-refractivity contribution >= 4 is 55.2 Å². The first-order valence-corrected chi connectivity index (χ1v) is 60.5. The van der Waals surface area contributed by atoms with E-state index in [0.717, 1.165) is 220 Å². The van der Waals surface area contributed by atoms with E-state index in [-0.39, 0.29) is 41.2 Å². The fourth-order valence-electron chi connectivity index (χ4n) is 29.2. The molecule has 21 nitrogen and oxygen atoms in total. The molecule has 14 fully saturated rings. The Balaban J connectivity index is 0.000000112. The molecule has 810 valence electrons. The number of imidazole rings is 5. The Hall–Kier alpha value is -7.34. The van der Waals surface area contributed by atoms with E-state index in [2.05, 4.69) is 74.7 Å². The molecule has 0 unspecified atom stereocenters. The monoisotopic (exact) mass is 2040 g/mol. The molecule has 5 aromatic carbocycles. The second kappa shape index (κ2) is 53.7. The Morgan fingerprint density at radius 1 is 0.291 bits per heavy atom. The summed E-state index contributed by atoms with van der Waals surface area (Å²) in [4.78, 5) is 37.7. The second-order valence-electron chi connectivity index (χ2n) is 48.2. The molecule has 148 heavy (non-hydrogen) atoms. The first kappa shape index (κ1) is 108. The summed E-state index contributed by atoms with van der Waals surface area (Å²) in [5, 5.41) is 23.8. The maximum absolute atomic E-state index is 14.5. The van der Waals surface area contributed by atoms with E-state index >= 15 is 0 Å². The summed E-state index contributed by atoms with van der Waals surface area (Å²) in [7, 11) is 0. The molecule has 14 aliphatic rings. The van der Waals surface area contributed by atoms with E-state index in [1.165, 1.54) is 334 Å². The van der Waals surface area contributed by atoms with Gasteiger partial charge in [0.05, 0.1) is 61.8 Å². The zero-order chi connectivity index (χ0) is 101. The number of hydrogen-bond donors (Lipinski definition) is 6. The van der Waals surface area contributed by atoms with E-state index in [1.54, 1.807) is 54.6 Å². The number of nitrogens with zero attached hydrogens (tertiary/aromatic N) is 15. The van der Waals surface area contributed by atoms with Crippen molar-refractivity contribution < 1.29 is 27.1 Å². The van der Waals surface area contributed by atoms with Gasteiger partial charge in [-0.1, -0.05) is 167 Å². The van der Waals surface area contributed by atoms with Gasteiger partial charge in [0.2, 0.25) is 0 Å². The van der Waals surface area contributed by atoms with Crippen LogP contribution in [0.5, 0.6) is 0 Å². The van der Waals surface area contributed by atoms with Crippen molar-refractivity contribution in [3.05, 3.63) is 149 Å². The number of aliphatic hydroxyl groups excluding tert-OH is 1. The average Bonchev–Trinajstić information content (AvgIpc) is 1.61. The summed E-state index contributed by atoms with van der Waals surface area (Å²) >= 11 is 0. The number of aromatic nitrogens is 10. The number of likely N-dealkylation sites (tertiary alicyclic amines) is 5. The number of aliphatic hydroxyl groups is 1. The largest absolute Gasteiger partial charge is 0.392 e. The lowest BCUT2D eigenvalue weighted by Crippen LogP contribution is -2.43. The van der Waals surface area contributed by atoms with E-state index in [1.807, 2.05) is 30.3 Å². The number of nitrogens with two attached hydrogens (primary N) is 1.